The van der Waals surface area contributed by atoms with Gasteiger partial charge in [-0.2, -0.15) is 0 Å². The van der Waals surface area contributed by atoms with Crippen LogP contribution in [0.25, 0.3) is 10.9 Å². The molecular formula is C20H18N2O2. The molecule has 0 saturated carbocycles. The molecule has 1 heterocycles. The number of hydrogen-bond donors (Lipinski definition) is 2. The summed E-state index contributed by atoms with van der Waals surface area (Å²) in [7, 11) is 0. The SMILES string of the molecule is O=C(Nc1cccc2c1CCCC2)C(=O)c1c[nH]c2ccccc12. The Kier molecular flexibility index (Phi) is 3.65. The highest BCUT2D eigenvalue weighted by atomic mass is 16.2. The maximum Gasteiger partial charge on any atom is 0.296 e. The van der Waals surface area contributed by atoms with Crippen LogP contribution in [0, 0.1) is 0 Å². The summed E-state index contributed by atoms with van der Waals surface area (Å²) in [6, 6.07) is 13.4. The fourth-order valence-corrected chi connectivity index (χ4v) is 3.46. The van der Waals surface area contributed by atoms with E-state index in [4.69, 9.17) is 0 Å². The Balaban J connectivity index is 1.62. The van der Waals surface area contributed by atoms with Crippen molar-refractivity contribution in [3.8, 4) is 0 Å². The molecule has 0 bridgehead atoms. The fourth-order valence-electron chi connectivity index (χ4n) is 3.46. The molecule has 4 nitrogen and oxygen atoms in total. The van der Waals surface area contributed by atoms with E-state index in [9.17, 15) is 9.59 Å². The maximum atomic E-state index is 12.6. The normalized spacial score (nSPS) is 13.5. The number of carbonyl (C=O) groups excluding carboxylic acids is 2. The maximum absolute atomic E-state index is 12.6. The lowest BCUT2D eigenvalue weighted by molar-refractivity contribution is -0.112. The Morgan fingerprint density at radius 2 is 1.79 bits per heavy atom. The second kappa shape index (κ2) is 5.96. The van der Waals surface area contributed by atoms with Crippen LogP contribution in [-0.2, 0) is 17.6 Å². The van der Waals surface area contributed by atoms with Gasteiger partial charge in [-0.25, -0.2) is 0 Å². The van der Waals surface area contributed by atoms with Crippen LogP contribution in [0.4, 0.5) is 5.69 Å². The number of anilines is 1. The van der Waals surface area contributed by atoms with Gasteiger partial charge < -0.3 is 10.3 Å². The Morgan fingerprint density at radius 1 is 0.958 bits per heavy atom. The quantitative estimate of drug-likeness (QED) is 0.569. The van der Waals surface area contributed by atoms with Crippen molar-refractivity contribution >= 4 is 28.3 Å². The van der Waals surface area contributed by atoms with Gasteiger partial charge in [0.25, 0.3) is 11.7 Å². The van der Waals surface area contributed by atoms with Gasteiger partial charge in [0.05, 0.1) is 5.56 Å². The van der Waals surface area contributed by atoms with E-state index in [1.807, 2.05) is 36.4 Å². The molecule has 0 atom stereocenters. The molecule has 1 aliphatic carbocycles. The van der Waals surface area contributed by atoms with Crippen LogP contribution >= 0.6 is 0 Å². The highest BCUT2D eigenvalue weighted by Gasteiger charge is 2.22. The molecule has 4 heteroatoms. The summed E-state index contributed by atoms with van der Waals surface area (Å²) in [5, 5.41) is 3.59. The second-order valence-electron chi connectivity index (χ2n) is 6.18. The summed E-state index contributed by atoms with van der Waals surface area (Å²) in [5.74, 6) is -1.10. The molecule has 3 aromatic rings. The molecule has 1 amide bonds. The van der Waals surface area contributed by atoms with E-state index in [1.54, 1.807) is 6.20 Å². The molecule has 120 valence electrons. The molecule has 0 unspecified atom stereocenters. The lowest BCUT2D eigenvalue weighted by Crippen LogP contribution is -2.24. The van der Waals surface area contributed by atoms with E-state index in [-0.39, 0.29) is 0 Å². The summed E-state index contributed by atoms with van der Waals surface area (Å²) in [4.78, 5) is 28.1. The lowest BCUT2D eigenvalue weighted by atomic mass is 9.90. The summed E-state index contributed by atoms with van der Waals surface area (Å²) in [5.41, 5.74) is 4.48. The van der Waals surface area contributed by atoms with E-state index in [1.165, 1.54) is 17.5 Å². The molecule has 4 rings (SSSR count). The average molecular weight is 318 g/mol. The number of H-pyrrole nitrogens is 1. The van der Waals surface area contributed by atoms with Gasteiger partial charge in [-0.05, 0) is 48.9 Å². The van der Waals surface area contributed by atoms with E-state index < -0.39 is 11.7 Å². The van der Waals surface area contributed by atoms with Crippen molar-refractivity contribution in [2.24, 2.45) is 0 Å². The van der Waals surface area contributed by atoms with Gasteiger partial charge in [-0.1, -0.05) is 30.3 Å². The van der Waals surface area contributed by atoms with E-state index in [0.717, 1.165) is 35.9 Å². The molecule has 0 fully saturated rings. The number of para-hydroxylation sites is 1. The van der Waals surface area contributed by atoms with Crippen molar-refractivity contribution in [1.82, 2.24) is 4.98 Å². The van der Waals surface area contributed by atoms with Crippen LogP contribution in [-0.4, -0.2) is 16.7 Å². The number of fused-ring (bicyclic) bond motifs is 2. The third kappa shape index (κ3) is 2.50. The van der Waals surface area contributed by atoms with Crippen molar-refractivity contribution in [3.63, 3.8) is 0 Å². The Bertz CT molecular complexity index is 940. The molecule has 0 aliphatic heterocycles. The first kappa shape index (κ1) is 14.7. The molecule has 2 N–H and O–H groups in total. The topological polar surface area (TPSA) is 62.0 Å². The van der Waals surface area contributed by atoms with Gasteiger partial charge in [0.1, 0.15) is 0 Å². The second-order valence-corrected chi connectivity index (χ2v) is 6.18. The number of carbonyl (C=O) groups is 2. The van der Waals surface area contributed by atoms with Gasteiger partial charge >= 0.3 is 0 Å². The van der Waals surface area contributed by atoms with Crippen LogP contribution in [0.2, 0.25) is 0 Å². The molecule has 24 heavy (non-hydrogen) atoms. The van der Waals surface area contributed by atoms with Gasteiger partial charge in [-0.3, -0.25) is 9.59 Å². The smallest absolute Gasteiger partial charge is 0.296 e. The first-order chi connectivity index (χ1) is 11.7. The summed E-state index contributed by atoms with van der Waals surface area (Å²) in [6.07, 6.45) is 5.89. The Morgan fingerprint density at radius 3 is 2.71 bits per heavy atom. The average Bonchev–Trinajstić information content (AvgIpc) is 3.05. The summed E-state index contributed by atoms with van der Waals surface area (Å²) >= 11 is 0. The molecule has 0 radical (unpaired) electrons. The van der Waals surface area contributed by atoms with E-state index in [2.05, 4.69) is 16.4 Å². The highest BCUT2D eigenvalue weighted by Crippen LogP contribution is 2.28. The van der Waals surface area contributed by atoms with Crippen LogP contribution < -0.4 is 5.32 Å². The zero-order valence-corrected chi connectivity index (χ0v) is 13.3. The van der Waals surface area contributed by atoms with Crippen molar-refractivity contribution in [1.29, 1.82) is 0 Å². The summed E-state index contributed by atoms with van der Waals surface area (Å²) < 4.78 is 0. The third-order valence-corrected chi connectivity index (χ3v) is 4.68. The number of benzene rings is 2. The van der Waals surface area contributed by atoms with E-state index >= 15 is 0 Å². The number of Topliss-reactive ketones (excluding diaryl/α,β-unsaturated/α-hetero) is 1. The number of aromatic amines is 1. The van der Waals surface area contributed by atoms with Crippen LogP contribution in [0.1, 0.15) is 34.3 Å². The number of rotatable bonds is 3. The van der Waals surface area contributed by atoms with Gasteiger partial charge in [0, 0.05) is 22.8 Å². The lowest BCUT2D eigenvalue weighted by Gasteiger charge is -2.19. The molecule has 1 aliphatic rings. The first-order valence-electron chi connectivity index (χ1n) is 8.26. The zero-order chi connectivity index (χ0) is 16.5. The standard InChI is InChI=1S/C20H18N2O2/c23-19(16-12-21-17-10-4-3-9-15(16)17)20(24)22-18-11-5-7-13-6-1-2-8-14(13)18/h3-5,7,9-12,21H,1-2,6,8H2,(H,22,24). The molecular weight excluding hydrogens is 300 g/mol. The number of hydrogen-bond acceptors (Lipinski definition) is 2. The van der Waals surface area contributed by atoms with Crippen molar-refractivity contribution in [2.75, 3.05) is 5.32 Å². The highest BCUT2D eigenvalue weighted by molar-refractivity contribution is 6.48. The van der Waals surface area contributed by atoms with Gasteiger partial charge in [-0.15, -0.1) is 0 Å². The molecule has 2 aromatic carbocycles. The van der Waals surface area contributed by atoms with Crippen LogP contribution in [0.5, 0.6) is 0 Å². The largest absolute Gasteiger partial charge is 0.360 e. The van der Waals surface area contributed by atoms with Gasteiger partial charge in [0.2, 0.25) is 0 Å². The minimum Gasteiger partial charge on any atom is -0.360 e. The summed E-state index contributed by atoms with van der Waals surface area (Å²) in [6.45, 7) is 0. The van der Waals surface area contributed by atoms with Crippen molar-refractivity contribution in [3.05, 3.63) is 65.4 Å². The Hall–Kier alpha value is -2.88. The van der Waals surface area contributed by atoms with Crippen molar-refractivity contribution < 1.29 is 9.59 Å². The van der Waals surface area contributed by atoms with Crippen LogP contribution in [0.15, 0.2) is 48.7 Å². The number of nitrogens with one attached hydrogen (secondary N) is 2. The minimum absolute atomic E-state index is 0.410. The van der Waals surface area contributed by atoms with Crippen molar-refractivity contribution in [2.45, 2.75) is 25.7 Å². The molecule has 1 aromatic heterocycles. The first-order valence-corrected chi connectivity index (χ1v) is 8.26. The molecule has 0 spiro atoms. The predicted octanol–water partition coefficient (Wildman–Crippen LogP) is 3.87. The minimum atomic E-state index is -0.585. The van der Waals surface area contributed by atoms with Crippen LogP contribution in [0.3, 0.4) is 0 Å². The number of aromatic nitrogens is 1. The van der Waals surface area contributed by atoms with Gasteiger partial charge in [0.15, 0.2) is 0 Å². The number of aryl methyl sites for hydroxylation is 1. The predicted molar refractivity (Wildman–Crippen MR) is 94.3 cm³/mol. The monoisotopic (exact) mass is 318 g/mol. The fraction of sp³-hybridized carbons (Fsp3) is 0.200. The zero-order valence-electron chi connectivity index (χ0n) is 13.3. The van der Waals surface area contributed by atoms with E-state index in [0.29, 0.717) is 5.56 Å². The Labute approximate surface area is 139 Å². The number of ketones is 1. The third-order valence-electron chi connectivity index (χ3n) is 4.68. The molecule has 0 saturated heterocycles. The number of amides is 1.